The molecule has 1 N–H and O–H groups in total. The summed E-state index contributed by atoms with van der Waals surface area (Å²) in [5, 5.41) is 9.90. The van der Waals surface area contributed by atoms with E-state index in [4.69, 9.17) is 21.1 Å². The van der Waals surface area contributed by atoms with Gasteiger partial charge in [0.1, 0.15) is 0 Å². The molecular formula is C12H11ClN2O4. The number of esters is 1. The smallest absolute Gasteiger partial charge is 0.380 e. The number of aliphatic imine (C=N–C) groups is 1. The van der Waals surface area contributed by atoms with E-state index in [2.05, 4.69) is 9.98 Å². The number of hydrogen-bond acceptors (Lipinski definition) is 6. The Morgan fingerprint density at radius 3 is 2.89 bits per heavy atom. The first kappa shape index (κ1) is 13.4. The minimum absolute atomic E-state index is 0.0945. The van der Waals surface area contributed by atoms with Crippen molar-refractivity contribution in [2.24, 2.45) is 4.99 Å². The molecule has 6 nitrogen and oxygen atoms in total. The molecule has 0 saturated heterocycles. The van der Waals surface area contributed by atoms with Gasteiger partial charge < -0.3 is 14.6 Å². The van der Waals surface area contributed by atoms with Crippen molar-refractivity contribution in [3.8, 4) is 0 Å². The molecule has 2 heterocycles. The molecule has 1 aromatic heterocycles. The van der Waals surface area contributed by atoms with E-state index in [0.717, 1.165) is 0 Å². The molecule has 0 spiro atoms. The van der Waals surface area contributed by atoms with E-state index in [1.807, 2.05) is 0 Å². The van der Waals surface area contributed by atoms with Crippen LogP contribution in [0.1, 0.15) is 13.8 Å². The minimum atomic E-state index is -1.17. The van der Waals surface area contributed by atoms with E-state index >= 15 is 0 Å². The molecule has 0 bridgehead atoms. The Kier molecular flexibility index (Phi) is 3.44. The quantitative estimate of drug-likeness (QED) is 0.666. The number of carbonyl (C=O) groups is 1. The van der Waals surface area contributed by atoms with Gasteiger partial charge in [-0.15, -0.1) is 0 Å². The number of hydrogen-bond donors (Lipinski definition) is 1. The van der Waals surface area contributed by atoms with Crippen LogP contribution >= 0.6 is 11.6 Å². The molecule has 0 aromatic carbocycles. The summed E-state index contributed by atoms with van der Waals surface area (Å²) in [7, 11) is 0. The van der Waals surface area contributed by atoms with Crippen molar-refractivity contribution in [1.29, 1.82) is 0 Å². The lowest BCUT2D eigenvalue weighted by Gasteiger charge is -2.30. The summed E-state index contributed by atoms with van der Waals surface area (Å²) in [4.78, 5) is 19.3. The highest BCUT2D eigenvalue weighted by Crippen LogP contribution is 2.26. The number of allylic oxidation sites excluding steroid dienone is 1. The summed E-state index contributed by atoms with van der Waals surface area (Å²) in [6, 6.07) is 3.28. The summed E-state index contributed by atoms with van der Waals surface area (Å²) >= 11 is 5.88. The predicted octanol–water partition coefficient (Wildman–Crippen LogP) is 2.52. The summed E-state index contributed by atoms with van der Waals surface area (Å²) in [5.41, 5.74) is 0. The number of carbonyl (C=O) groups excluding carboxylic acids is 1. The largest absolute Gasteiger partial charge is 0.499 e. The van der Waals surface area contributed by atoms with Gasteiger partial charge in [-0.2, -0.15) is 0 Å². The maximum absolute atomic E-state index is 11.4. The van der Waals surface area contributed by atoms with Gasteiger partial charge in [0.15, 0.2) is 11.6 Å². The van der Waals surface area contributed by atoms with Crippen molar-refractivity contribution in [3.05, 3.63) is 34.9 Å². The SMILES string of the molecule is CC1(C)OC(=O)C(O)=C(C=Nc2ncccc2Cl)O1. The highest BCUT2D eigenvalue weighted by molar-refractivity contribution is 6.32. The van der Waals surface area contributed by atoms with E-state index < -0.39 is 17.5 Å². The number of aliphatic hydroxyl groups is 1. The van der Waals surface area contributed by atoms with Crippen LogP contribution in [0.4, 0.5) is 5.82 Å². The van der Waals surface area contributed by atoms with Crippen molar-refractivity contribution in [2.45, 2.75) is 19.6 Å². The molecule has 0 atom stereocenters. The van der Waals surface area contributed by atoms with Crippen LogP contribution in [0, 0.1) is 0 Å². The number of halogens is 1. The molecule has 1 aliphatic rings. The van der Waals surface area contributed by atoms with E-state index in [-0.39, 0.29) is 11.6 Å². The highest BCUT2D eigenvalue weighted by Gasteiger charge is 2.35. The maximum Gasteiger partial charge on any atom is 0.380 e. The third kappa shape index (κ3) is 3.03. The van der Waals surface area contributed by atoms with E-state index in [1.54, 1.807) is 26.0 Å². The Morgan fingerprint density at radius 1 is 1.47 bits per heavy atom. The van der Waals surface area contributed by atoms with E-state index in [9.17, 15) is 9.90 Å². The molecule has 1 aliphatic heterocycles. The predicted molar refractivity (Wildman–Crippen MR) is 68.3 cm³/mol. The Bertz CT molecular complexity index is 581. The standard InChI is InChI=1S/C12H11ClN2O4/c1-12(2)18-8(9(16)11(17)19-12)6-15-10-7(13)4-3-5-14-10/h3-6,16H,1-2H3. The Labute approximate surface area is 114 Å². The zero-order valence-corrected chi connectivity index (χ0v) is 11.0. The molecule has 100 valence electrons. The third-order valence-corrected chi connectivity index (χ3v) is 2.46. The summed E-state index contributed by atoms with van der Waals surface area (Å²) in [6.07, 6.45) is 2.69. The fourth-order valence-corrected chi connectivity index (χ4v) is 1.56. The van der Waals surface area contributed by atoms with Crippen LogP contribution in [0.25, 0.3) is 0 Å². The van der Waals surface area contributed by atoms with Crippen LogP contribution < -0.4 is 0 Å². The number of aliphatic hydroxyl groups excluding tert-OH is 1. The number of pyridine rings is 1. The van der Waals surface area contributed by atoms with E-state index in [1.165, 1.54) is 12.4 Å². The van der Waals surface area contributed by atoms with Gasteiger partial charge in [-0.3, -0.25) is 0 Å². The highest BCUT2D eigenvalue weighted by atomic mass is 35.5. The molecule has 0 fully saturated rings. The number of aromatic nitrogens is 1. The van der Waals surface area contributed by atoms with Crippen LogP contribution in [0.5, 0.6) is 0 Å². The minimum Gasteiger partial charge on any atom is -0.499 e. The molecule has 19 heavy (non-hydrogen) atoms. The van der Waals surface area contributed by atoms with Crippen molar-refractivity contribution in [1.82, 2.24) is 4.98 Å². The maximum atomic E-state index is 11.4. The van der Waals surface area contributed by atoms with Gasteiger partial charge in [0.2, 0.25) is 11.5 Å². The van der Waals surface area contributed by atoms with Crippen molar-refractivity contribution >= 4 is 29.6 Å². The van der Waals surface area contributed by atoms with Gasteiger partial charge in [0.25, 0.3) is 0 Å². The molecular weight excluding hydrogens is 272 g/mol. The first-order valence-electron chi connectivity index (χ1n) is 5.39. The zero-order chi connectivity index (χ0) is 14.0. The monoisotopic (exact) mass is 282 g/mol. The Hall–Kier alpha value is -2.08. The fourth-order valence-electron chi connectivity index (χ4n) is 1.39. The molecule has 0 unspecified atom stereocenters. The molecule has 2 rings (SSSR count). The fraction of sp³-hybridized carbons (Fsp3) is 0.250. The van der Waals surface area contributed by atoms with Crippen molar-refractivity contribution < 1.29 is 19.4 Å². The van der Waals surface area contributed by atoms with Gasteiger partial charge in [0, 0.05) is 20.0 Å². The topological polar surface area (TPSA) is 81.0 Å². The molecule has 1 aromatic rings. The second-order valence-corrected chi connectivity index (χ2v) is 4.58. The molecule has 7 heteroatoms. The first-order chi connectivity index (χ1) is 8.89. The average molecular weight is 283 g/mol. The summed E-state index contributed by atoms with van der Waals surface area (Å²) < 4.78 is 10.1. The summed E-state index contributed by atoms with van der Waals surface area (Å²) in [5.74, 6) is -2.52. The van der Waals surface area contributed by atoms with Gasteiger partial charge >= 0.3 is 5.97 Å². The Balaban J connectivity index is 2.30. The zero-order valence-electron chi connectivity index (χ0n) is 10.3. The lowest BCUT2D eigenvalue weighted by atomic mass is 10.3. The lowest BCUT2D eigenvalue weighted by Crippen LogP contribution is -2.37. The molecule has 0 amide bonds. The first-order valence-corrected chi connectivity index (χ1v) is 5.77. The number of rotatable bonds is 2. The van der Waals surface area contributed by atoms with Crippen LogP contribution in [0.2, 0.25) is 5.02 Å². The van der Waals surface area contributed by atoms with Crippen LogP contribution in [0.15, 0.2) is 34.8 Å². The third-order valence-electron chi connectivity index (χ3n) is 2.16. The second kappa shape index (κ2) is 4.89. The van der Waals surface area contributed by atoms with Crippen LogP contribution in [0.3, 0.4) is 0 Å². The van der Waals surface area contributed by atoms with Gasteiger partial charge in [-0.05, 0) is 12.1 Å². The van der Waals surface area contributed by atoms with E-state index in [0.29, 0.717) is 5.02 Å². The Morgan fingerprint density at radius 2 is 2.21 bits per heavy atom. The molecule has 0 saturated carbocycles. The molecule has 0 radical (unpaired) electrons. The average Bonchev–Trinajstić information content (AvgIpc) is 2.33. The van der Waals surface area contributed by atoms with Gasteiger partial charge in [-0.1, -0.05) is 11.6 Å². The van der Waals surface area contributed by atoms with Gasteiger partial charge in [-0.25, -0.2) is 14.8 Å². The van der Waals surface area contributed by atoms with Crippen LogP contribution in [-0.2, 0) is 14.3 Å². The summed E-state index contributed by atoms with van der Waals surface area (Å²) in [6.45, 7) is 3.08. The number of cyclic esters (lactones) is 1. The van der Waals surface area contributed by atoms with Crippen molar-refractivity contribution in [3.63, 3.8) is 0 Å². The lowest BCUT2D eigenvalue weighted by molar-refractivity contribution is -0.209. The van der Waals surface area contributed by atoms with Gasteiger partial charge in [0.05, 0.1) is 11.2 Å². The van der Waals surface area contributed by atoms with Crippen molar-refractivity contribution in [2.75, 3.05) is 0 Å². The second-order valence-electron chi connectivity index (χ2n) is 4.17. The molecule has 0 aliphatic carbocycles. The number of nitrogens with zero attached hydrogens (tertiary/aromatic N) is 2. The number of ether oxygens (including phenoxy) is 2. The normalized spacial score (nSPS) is 18.4. The van der Waals surface area contributed by atoms with Crippen LogP contribution in [-0.4, -0.2) is 28.1 Å².